The Kier molecular flexibility index (Phi) is 20.0. The van der Waals surface area contributed by atoms with Crippen LogP contribution in [-0.4, -0.2) is 52.4 Å². The molecule has 4 atom stereocenters. The lowest BCUT2D eigenvalue weighted by Gasteiger charge is -2.50. The van der Waals surface area contributed by atoms with Crippen LogP contribution in [0.2, 0.25) is 36.3 Å². The molecule has 0 N–H and O–H groups in total. The number of hydrogen-bond donors (Lipinski definition) is 0. The first-order valence-electron chi connectivity index (χ1n) is 18.8. The third kappa shape index (κ3) is 14.1. The Balaban J connectivity index is 3.87. The molecule has 0 aliphatic carbocycles. The Hall–Kier alpha value is -0.746. The van der Waals surface area contributed by atoms with Gasteiger partial charge in [-0.3, -0.25) is 9.59 Å². The van der Waals surface area contributed by atoms with Crippen LogP contribution >= 0.6 is 0 Å². The molecule has 0 radical (unpaired) electrons. The highest BCUT2D eigenvalue weighted by atomic mass is 28.4. The minimum absolute atomic E-state index is 0.354. The van der Waals surface area contributed by atoms with Gasteiger partial charge in [0.2, 0.25) is 0 Å². The van der Waals surface area contributed by atoms with Gasteiger partial charge in [-0.15, -0.1) is 0 Å². The number of carbonyl (C=O) groups excluding carboxylic acids is 2. The van der Waals surface area contributed by atoms with Crippen LogP contribution in [0.3, 0.4) is 0 Å². The number of unbranched alkanes of at least 4 members (excludes halogenated alkanes) is 6. The van der Waals surface area contributed by atoms with Gasteiger partial charge in [0, 0.05) is 13.8 Å². The molecular formula is C36H72O7Si2. The fourth-order valence-corrected chi connectivity index (χ4v) is 17.3. The maximum absolute atomic E-state index is 12.6. The van der Waals surface area contributed by atoms with E-state index in [1.165, 1.54) is 13.8 Å². The second-order valence-electron chi connectivity index (χ2n) is 14.1. The molecule has 0 aromatic carbocycles. The van der Waals surface area contributed by atoms with Gasteiger partial charge in [-0.05, 0) is 63.0 Å². The van der Waals surface area contributed by atoms with Crippen molar-refractivity contribution >= 4 is 28.6 Å². The van der Waals surface area contributed by atoms with Crippen LogP contribution in [0, 0.1) is 0 Å². The first kappa shape index (κ1) is 42.3. The predicted molar refractivity (Wildman–Crippen MR) is 190 cm³/mol. The molecule has 266 valence electrons. The Bertz CT molecular complexity index is 731. The molecule has 9 heteroatoms. The highest BCUT2D eigenvalue weighted by Crippen LogP contribution is 2.46. The standard InChI is InChI=1S/C36H72O7Si2/c1-11-17-25-44(26-18-12-2,27-19-13-3)42-35(9)33(39-31(7)37)23-24-34(40-32(8)38)36(10,41-35)43-45(28-20-14-4,29-21-15-5)30-22-16-6/h33-34H,11-30H2,1-10H3/t33-,34+,35+,36-. The monoisotopic (exact) mass is 672 g/mol. The topological polar surface area (TPSA) is 80.3 Å². The van der Waals surface area contributed by atoms with Gasteiger partial charge in [0.1, 0.15) is 0 Å². The van der Waals surface area contributed by atoms with E-state index in [0.29, 0.717) is 12.8 Å². The van der Waals surface area contributed by atoms with E-state index in [-0.39, 0.29) is 11.9 Å². The molecule has 0 aromatic heterocycles. The molecule has 0 amide bonds. The Morgan fingerprint density at radius 3 is 1.00 bits per heavy atom. The summed E-state index contributed by atoms with van der Waals surface area (Å²) in [6.45, 7) is 20.3. The zero-order valence-electron chi connectivity index (χ0n) is 31.2. The summed E-state index contributed by atoms with van der Waals surface area (Å²) in [7, 11) is -4.68. The molecule has 0 saturated carbocycles. The lowest BCUT2D eigenvalue weighted by molar-refractivity contribution is -0.344. The summed E-state index contributed by atoms with van der Waals surface area (Å²) in [5.74, 6) is -3.16. The minimum Gasteiger partial charge on any atom is -0.457 e. The van der Waals surface area contributed by atoms with Gasteiger partial charge < -0.3 is 23.1 Å². The summed E-state index contributed by atoms with van der Waals surface area (Å²) in [6.07, 6.45) is 13.0. The molecule has 1 rings (SSSR count). The maximum Gasteiger partial charge on any atom is 0.303 e. The molecule has 0 unspecified atom stereocenters. The fourth-order valence-electron chi connectivity index (χ4n) is 7.18. The zero-order valence-corrected chi connectivity index (χ0v) is 33.2. The molecule has 0 spiro atoms. The molecule has 7 nitrogen and oxygen atoms in total. The molecule has 1 heterocycles. The Morgan fingerprint density at radius 1 is 0.556 bits per heavy atom. The first-order chi connectivity index (χ1) is 21.3. The second kappa shape index (κ2) is 21.3. The van der Waals surface area contributed by atoms with Crippen molar-refractivity contribution in [1.29, 1.82) is 0 Å². The summed E-state index contributed by atoms with van der Waals surface area (Å²) < 4.78 is 34.4. The van der Waals surface area contributed by atoms with E-state index in [1.807, 2.05) is 13.8 Å². The average Bonchev–Trinajstić information content (AvgIpc) is 3.07. The minimum atomic E-state index is -2.34. The highest BCUT2D eigenvalue weighted by molar-refractivity contribution is 6.74. The van der Waals surface area contributed by atoms with Crippen molar-refractivity contribution in [2.24, 2.45) is 0 Å². The normalized spacial score (nSPS) is 24.3. The van der Waals surface area contributed by atoms with E-state index >= 15 is 0 Å². The number of ether oxygens (including phenoxy) is 3. The summed E-state index contributed by atoms with van der Waals surface area (Å²) in [5.41, 5.74) is 0. The van der Waals surface area contributed by atoms with E-state index in [9.17, 15) is 9.59 Å². The molecule has 45 heavy (non-hydrogen) atoms. The van der Waals surface area contributed by atoms with Gasteiger partial charge in [0.25, 0.3) is 0 Å². The summed E-state index contributed by atoms with van der Waals surface area (Å²) in [5, 5.41) is 0. The Labute approximate surface area is 279 Å². The quantitative estimate of drug-likeness (QED) is 0.0745. The van der Waals surface area contributed by atoms with Crippen molar-refractivity contribution in [2.45, 2.75) is 219 Å². The van der Waals surface area contributed by atoms with Gasteiger partial charge in [0.15, 0.2) is 40.4 Å². The van der Waals surface area contributed by atoms with Crippen molar-refractivity contribution in [3.63, 3.8) is 0 Å². The smallest absolute Gasteiger partial charge is 0.303 e. The van der Waals surface area contributed by atoms with Crippen LogP contribution in [0.4, 0.5) is 0 Å². The molecule has 1 saturated heterocycles. The molecular weight excluding hydrogens is 601 g/mol. The highest BCUT2D eigenvalue weighted by Gasteiger charge is 2.58. The van der Waals surface area contributed by atoms with Crippen LogP contribution in [0.1, 0.15) is 159 Å². The van der Waals surface area contributed by atoms with Gasteiger partial charge >= 0.3 is 11.9 Å². The van der Waals surface area contributed by atoms with E-state index in [1.54, 1.807) is 0 Å². The zero-order chi connectivity index (χ0) is 34.0. The van der Waals surface area contributed by atoms with Crippen LogP contribution in [0.5, 0.6) is 0 Å². The third-order valence-corrected chi connectivity index (χ3v) is 18.9. The van der Waals surface area contributed by atoms with Crippen LogP contribution < -0.4 is 0 Å². The molecule has 0 aromatic rings. The van der Waals surface area contributed by atoms with E-state index in [0.717, 1.165) is 113 Å². The number of esters is 2. The largest absolute Gasteiger partial charge is 0.457 e. The van der Waals surface area contributed by atoms with Crippen molar-refractivity contribution < 1.29 is 32.7 Å². The number of rotatable bonds is 24. The van der Waals surface area contributed by atoms with E-state index < -0.39 is 40.4 Å². The van der Waals surface area contributed by atoms with Gasteiger partial charge in [-0.25, -0.2) is 0 Å². The molecule has 1 aliphatic heterocycles. The van der Waals surface area contributed by atoms with E-state index in [4.69, 9.17) is 23.1 Å². The summed E-state index contributed by atoms with van der Waals surface area (Å²) in [6, 6.07) is 6.35. The summed E-state index contributed by atoms with van der Waals surface area (Å²) in [4.78, 5) is 25.1. The van der Waals surface area contributed by atoms with Crippen molar-refractivity contribution in [2.75, 3.05) is 0 Å². The maximum atomic E-state index is 12.6. The first-order valence-corrected chi connectivity index (χ1v) is 23.8. The van der Waals surface area contributed by atoms with Crippen LogP contribution in [0.15, 0.2) is 0 Å². The lowest BCUT2D eigenvalue weighted by Crippen LogP contribution is -2.61. The second-order valence-corrected chi connectivity index (χ2v) is 22.2. The average molecular weight is 673 g/mol. The SMILES string of the molecule is CCCC[Si](CCCC)(CCCC)O[C@@]1(C)O[C@@](C)(O[Si](CCCC)(CCCC)CCCC)[C@H](OC(C)=O)CC[C@@H]1OC(C)=O. The van der Waals surface area contributed by atoms with Crippen molar-refractivity contribution in [1.82, 2.24) is 0 Å². The van der Waals surface area contributed by atoms with Crippen LogP contribution in [-0.2, 0) is 32.7 Å². The van der Waals surface area contributed by atoms with Crippen LogP contribution in [0.25, 0.3) is 0 Å². The number of hydrogen-bond acceptors (Lipinski definition) is 7. The number of carbonyl (C=O) groups is 2. The van der Waals surface area contributed by atoms with Gasteiger partial charge in [0.05, 0.1) is 0 Å². The van der Waals surface area contributed by atoms with Crippen molar-refractivity contribution in [3.05, 3.63) is 0 Å². The third-order valence-electron chi connectivity index (χ3n) is 9.64. The van der Waals surface area contributed by atoms with Gasteiger partial charge in [-0.1, -0.05) is 119 Å². The van der Waals surface area contributed by atoms with Crippen molar-refractivity contribution in [3.8, 4) is 0 Å². The lowest BCUT2D eigenvalue weighted by atomic mass is 10.0. The molecule has 1 aliphatic rings. The van der Waals surface area contributed by atoms with Gasteiger partial charge in [-0.2, -0.15) is 0 Å². The molecule has 0 bridgehead atoms. The Morgan fingerprint density at radius 2 is 0.800 bits per heavy atom. The van der Waals surface area contributed by atoms with E-state index in [2.05, 4.69) is 41.5 Å². The summed E-state index contributed by atoms with van der Waals surface area (Å²) >= 11 is 0. The molecule has 1 fully saturated rings. The fraction of sp³-hybridized carbons (Fsp3) is 0.944. The predicted octanol–water partition coefficient (Wildman–Crippen LogP) is 10.8.